The standard InChI is InChI=1S/C17H21N3O/c1-19-10-15(18-13-19)11-20-9-8-17(12-20)7-6-14-4-2-3-5-16(14)21-17/h2-5,10,13H,6-9,11-12H2,1H3. The van der Waals surface area contributed by atoms with Crippen molar-refractivity contribution in [2.24, 2.45) is 7.05 Å². The molecule has 2 aromatic rings. The Morgan fingerprint density at radius 3 is 3.05 bits per heavy atom. The molecule has 1 saturated heterocycles. The van der Waals surface area contributed by atoms with Crippen molar-refractivity contribution in [1.29, 1.82) is 0 Å². The summed E-state index contributed by atoms with van der Waals surface area (Å²) in [7, 11) is 2.02. The van der Waals surface area contributed by atoms with Gasteiger partial charge in [-0.05, 0) is 24.5 Å². The molecule has 2 aliphatic rings. The van der Waals surface area contributed by atoms with Crippen LogP contribution in [0.5, 0.6) is 5.75 Å². The zero-order valence-corrected chi connectivity index (χ0v) is 12.5. The van der Waals surface area contributed by atoms with E-state index in [1.807, 2.05) is 17.9 Å². The lowest BCUT2D eigenvalue weighted by Gasteiger charge is -2.35. The van der Waals surface area contributed by atoms with Crippen molar-refractivity contribution in [1.82, 2.24) is 14.5 Å². The first-order chi connectivity index (χ1) is 10.2. The molecule has 0 N–H and O–H groups in total. The van der Waals surface area contributed by atoms with Gasteiger partial charge >= 0.3 is 0 Å². The normalized spacial score (nSPS) is 25.0. The van der Waals surface area contributed by atoms with Crippen LogP contribution in [0.25, 0.3) is 0 Å². The van der Waals surface area contributed by atoms with Crippen molar-refractivity contribution in [3.63, 3.8) is 0 Å². The number of benzene rings is 1. The Kier molecular flexibility index (Phi) is 3.00. The molecule has 0 aliphatic carbocycles. The Labute approximate surface area is 125 Å². The topological polar surface area (TPSA) is 30.3 Å². The summed E-state index contributed by atoms with van der Waals surface area (Å²) in [4.78, 5) is 6.90. The minimum atomic E-state index is 0.0170. The number of para-hydroxylation sites is 1. The van der Waals surface area contributed by atoms with E-state index in [-0.39, 0.29) is 5.60 Å². The number of hydrogen-bond acceptors (Lipinski definition) is 3. The Morgan fingerprint density at radius 2 is 2.19 bits per heavy atom. The minimum Gasteiger partial charge on any atom is -0.486 e. The second-order valence-corrected chi connectivity index (χ2v) is 6.38. The lowest BCUT2D eigenvalue weighted by Crippen LogP contribution is -2.42. The van der Waals surface area contributed by atoms with E-state index in [2.05, 4.69) is 40.3 Å². The van der Waals surface area contributed by atoms with Gasteiger partial charge in [0.25, 0.3) is 0 Å². The molecule has 21 heavy (non-hydrogen) atoms. The van der Waals surface area contributed by atoms with Crippen LogP contribution in [0, 0.1) is 0 Å². The van der Waals surface area contributed by atoms with Gasteiger partial charge in [-0.1, -0.05) is 18.2 Å². The van der Waals surface area contributed by atoms with Crippen LogP contribution in [0.1, 0.15) is 24.1 Å². The molecule has 1 aromatic heterocycles. The second kappa shape index (κ2) is 4.88. The molecule has 1 fully saturated rings. The van der Waals surface area contributed by atoms with Gasteiger partial charge in [0, 0.05) is 39.3 Å². The van der Waals surface area contributed by atoms with Gasteiger partial charge in [-0.15, -0.1) is 0 Å². The molecule has 1 aromatic carbocycles. The highest BCUT2D eigenvalue weighted by molar-refractivity contribution is 5.36. The molecule has 110 valence electrons. The quantitative estimate of drug-likeness (QED) is 0.848. The maximum atomic E-state index is 6.39. The summed E-state index contributed by atoms with van der Waals surface area (Å²) >= 11 is 0. The van der Waals surface area contributed by atoms with Crippen molar-refractivity contribution in [3.8, 4) is 5.75 Å². The minimum absolute atomic E-state index is 0.0170. The zero-order chi connectivity index (χ0) is 14.3. The van der Waals surface area contributed by atoms with Gasteiger partial charge in [0.05, 0.1) is 12.0 Å². The fourth-order valence-corrected chi connectivity index (χ4v) is 3.58. The van der Waals surface area contributed by atoms with Crippen molar-refractivity contribution in [2.75, 3.05) is 13.1 Å². The number of rotatable bonds is 2. The summed E-state index contributed by atoms with van der Waals surface area (Å²) in [5.41, 5.74) is 2.51. The van der Waals surface area contributed by atoms with E-state index in [0.717, 1.165) is 50.3 Å². The third-order valence-corrected chi connectivity index (χ3v) is 4.69. The Bertz CT molecular complexity index is 651. The average molecular weight is 283 g/mol. The zero-order valence-electron chi connectivity index (χ0n) is 12.5. The third-order valence-electron chi connectivity index (χ3n) is 4.69. The van der Waals surface area contributed by atoms with Crippen LogP contribution in [0.15, 0.2) is 36.8 Å². The number of nitrogens with zero attached hydrogens (tertiary/aromatic N) is 3. The number of aryl methyl sites for hydroxylation is 2. The molecule has 0 bridgehead atoms. The maximum Gasteiger partial charge on any atom is 0.123 e. The average Bonchev–Trinajstić information content (AvgIpc) is 3.06. The number of hydrogen-bond donors (Lipinski definition) is 0. The smallest absolute Gasteiger partial charge is 0.123 e. The van der Waals surface area contributed by atoms with E-state index in [0.29, 0.717) is 0 Å². The second-order valence-electron chi connectivity index (χ2n) is 6.38. The molecular formula is C17H21N3O. The van der Waals surface area contributed by atoms with E-state index in [1.165, 1.54) is 5.56 Å². The highest BCUT2D eigenvalue weighted by Gasteiger charge is 2.42. The van der Waals surface area contributed by atoms with Gasteiger partial charge in [0.2, 0.25) is 0 Å². The van der Waals surface area contributed by atoms with Gasteiger partial charge in [-0.25, -0.2) is 4.98 Å². The van der Waals surface area contributed by atoms with Crippen LogP contribution in [0.3, 0.4) is 0 Å². The van der Waals surface area contributed by atoms with Gasteiger partial charge in [0.1, 0.15) is 11.4 Å². The lowest BCUT2D eigenvalue weighted by molar-refractivity contribution is 0.0536. The molecule has 4 nitrogen and oxygen atoms in total. The SMILES string of the molecule is Cn1cnc(CN2CCC3(CCc4ccccc4O3)C2)c1. The fourth-order valence-electron chi connectivity index (χ4n) is 3.58. The Morgan fingerprint density at radius 1 is 1.29 bits per heavy atom. The summed E-state index contributed by atoms with van der Waals surface area (Å²) in [6.45, 7) is 3.03. The molecule has 0 radical (unpaired) electrons. The summed E-state index contributed by atoms with van der Waals surface area (Å²) in [6.07, 6.45) is 7.35. The monoisotopic (exact) mass is 283 g/mol. The van der Waals surface area contributed by atoms with Gasteiger partial charge in [0.15, 0.2) is 0 Å². The van der Waals surface area contributed by atoms with E-state index in [1.54, 1.807) is 0 Å². The molecule has 4 heteroatoms. The van der Waals surface area contributed by atoms with Crippen LogP contribution < -0.4 is 4.74 Å². The van der Waals surface area contributed by atoms with Gasteiger partial charge in [-0.3, -0.25) is 4.90 Å². The summed E-state index contributed by atoms with van der Waals surface area (Å²) in [5.74, 6) is 1.09. The lowest BCUT2D eigenvalue weighted by atomic mass is 9.90. The van der Waals surface area contributed by atoms with Crippen LogP contribution in [-0.4, -0.2) is 33.1 Å². The largest absolute Gasteiger partial charge is 0.486 e. The number of imidazole rings is 1. The fraction of sp³-hybridized carbons (Fsp3) is 0.471. The summed E-state index contributed by atoms with van der Waals surface area (Å²) < 4.78 is 8.39. The van der Waals surface area contributed by atoms with Crippen molar-refractivity contribution in [2.45, 2.75) is 31.4 Å². The Balaban J connectivity index is 1.46. The van der Waals surface area contributed by atoms with Crippen LogP contribution in [-0.2, 0) is 20.0 Å². The van der Waals surface area contributed by atoms with Crippen LogP contribution >= 0.6 is 0 Å². The first-order valence-electron chi connectivity index (χ1n) is 7.69. The molecule has 1 spiro atoms. The number of likely N-dealkylation sites (tertiary alicyclic amines) is 1. The first-order valence-corrected chi connectivity index (χ1v) is 7.69. The van der Waals surface area contributed by atoms with Crippen LogP contribution in [0.4, 0.5) is 0 Å². The number of fused-ring (bicyclic) bond motifs is 1. The van der Waals surface area contributed by atoms with Gasteiger partial charge < -0.3 is 9.30 Å². The highest BCUT2D eigenvalue weighted by atomic mass is 16.5. The van der Waals surface area contributed by atoms with Crippen LogP contribution in [0.2, 0.25) is 0 Å². The maximum absolute atomic E-state index is 6.39. The highest BCUT2D eigenvalue weighted by Crippen LogP contribution is 2.38. The number of ether oxygens (including phenoxy) is 1. The van der Waals surface area contributed by atoms with E-state index < -0.39 is 0 Å². The predicted molar refractivity (Wildman–Crippen MR) is 81.2 cm³/mol. The van der Waals surface area contributed by atoms with E-state index >= 15 is 0 Å². The molecule has 2 aliphatic heterocycles. The predicted octanol–water partition coefficient (Wildman–Crippen LogP) is 2.39. The van der Waals surface area contributed by atoms with Crippen molar-refractivity contribution in [3.05, 3.63) is 48.0 Å². The van der Waals surface area contributed by atoms with Crippen molar-refractivity contribution >= 4 is 0 Å². The van der Waals surface area contributed by atoms with Crippen molar-refractivity contribution < 1.29 is 4.74 Å². The third kappa shape index (κ3) is 2.44. The van der Waals surface area contributed by atoms with E-state index in [4.69, 9.17) is 4.74 Å². The van der Waals surface area contributed by atoms with Gasteiger partial charge in [-0.2, -0.15) is 0 Å². The molecule has 1 atom stereocenters. The molecular weight excluding hydrogens is 262 g/mol. The molecule has 0 amide bonds. The molecule has 4 rings (SSSR count). The van der Waals surface area contributed by atoms with E-state index in [9.17, 15) is 0 Å². The first kappa shape index (κ1) is 12.9. The molecule has 3 heterocycles. The summed E-state index contributed by atoms with van der Waals surface area (Å²) in [5, 5.41) is 0. The Hall–Kier alpha value is -1.81. The molecule has 0 saturated carbocycles. The molecule has 1 unspecified atom stereocenters. The summed E-state index contributed by atoms with van der Waals surface area (Å²) in [6, 6.07) is 8.46. The number of aromatic nitrogens is 2.